The molecule has 2 aromatic rings. The first-order valence-electron chi connectivity index (χ1n) is 7.27. The molecule has 2 heteroatoms. The SMILES string of the molecule is CN1CCCC/C1=N\c1ccc(-c2ccccc2)cc1. The van der Waals surface area contributed by atoms with Gasteiger partial charge in [-0.25, -0.2) is 4.99 Å². The number of nitrogens with zero attached hydrogens (tertiary/aromatic N) is 2. The Morgan fingerprint density at radius 2 is 1.55 bits per heavy atom. The van der Waals surface area contributed by atoms with Crippen molar-refractivity contribution in [2.24, 2.45) is 4.99 Å². The quantitative estimate of drug-likeness (QED) is 0.779. The maximum Gasteiger partial charge on any atom is 0.105 e. The summed E-state index contributed by atoms with van der Waals surface area (Å²) >= 11 is 0. The summed E-state index contributed by atoms with van der Waals surface area (Å²) in [6, 6.07) is 19.0. The van der Waals surface area contributed by atoms with Gasteiger partial charge in [-0.2, -0.15) is 0 Å². The third kappa shape index (κ3) is 2.90. The Balaban J connectivity index is 1.81. The molecule has 0 N–H and O–H groups in total. The Bertz CT molecular complexity index is 585. The summed E-state index contributed by atoms with van der Waals surface area (Å²) in [5.41, 5.74) is 3.54. The molecule has 0 amide bonds. The number of hydrogen-bond acceptors (Lipinski definition) is 1. The zero-order valence-corrected chi connectivity index (χ0v) is 11.9. The molecule has 0 radical (unpaired) electrons. The van der Waals surface area contributed by atoms with Gasteiger partial charge in [0.05, 0.1) is 5.69 Å². The maximum absolute atomic E-state index is 4.78. The van der Waals surface area contributed by atoms with Crippen LogP contribution in [0, 0.1) is 0 Å². The fourth-order valence-corrected chi connectivity index (χ4v) is 2.60. The van der Waals surface area contributed by atoms with E-state index in [1.807, 2.05) is 6.07 Å². The lowest BCUT2D eigenvalue weighted by molar-refractivity contribution is 0.434. The van der Waals surface area contributed by atoms with Crippen LogP contribution in [-0.2, 0) is 0 Å². The first-order valence-corrected chi connectivity index (χ1v) is 7.27. The van der Waals surface area contributed by atoms with Crippen molar-refractivity contribution in [1.82, 2.24) is 4.90 Å². The topological polar surface area (TPSA) is 15.6 Å². The Hall–Kier alpha value is -2.09. The summed E-state index contributed by atoms with van der Waals surface area (Å²) in [5.74, 6) is 1.21. The number of benzene rings is 2. The molecule has 102 valence electrons. The molecule has 2 nitrogen and oxygen atoms in total. The summed E-state index contributed by atoms with van der Waals surface area (Å²) in [6.45, 7) is 1.13. The molecule has 0 unspecified atom stereocenters. The molecule has 0 spiro atoms. The number of piperidine rings is 1. The molecule has 20 heavy (non-hydrogen) atoms. The minimum absolute atomic E-state index is 1.05. The Labute approximate surface area is 120 Å². The summed E-state index contributed by atoms with van der Waals surface area (Å²) in [7, 11) is 2.14. The first-order chi connectivity index (χ1) is 9.83. The van der Waals surface area contributed by atoms with Crippen molar-refractivity contribution >= 4 is 11.5 Å². The Kier molecular flexibility index (Phi) is 3.82. The van der Waals surface area contributed by atoms with Gasteiger partial charge >= 0.3 is 0 Å². The number of amidine groups is 1. The fourth-order valence-electron chi connectivity index (χ4n) is 2.60. The molecule has 0 atom stereocenters. The summed E-state index contributed by atoms with van der Waals surface area (Å²) in [4.78, 5) is 7.05. The van der Waals surface area contributed by atoms with Crippen LogP contribution < -0.4 is 0 Å². The highest BCUT2D eigenvalue weighted by Gasteiger charge is 2.11. The second-order valence-electron chi connectivity index (χ2n) is 5.32. The van der Waals surface area contributed by atoms with Gasteiger partial charge in [0.15, 0.2) is 0 Å². The molecule has 1 fully saturated rings. The molecule has 1 saturated heterocycles. The van der Waals surface area contributed by atoms with E-state index < -0.39 is 0 Å². The zero-order valence-electron chi connectivity index (χ0n) is 11.9. The van der Waals surface area contributed by atoms with Gasteiger partial charge < -0.3 is 4.90 Å². The van der Waals surface area contributed by atoms with E-state index in [1.54, 1.807) is 0 Å². The predicted octanol–water partition coefficient (Wildman–Crippen LogP) is 4.50. The monoisotopic (exact) mass is 264 g/mol. The average Bonchev–Trinajstić information content (AvgIpc) is 2.51. The third-order valence-electron chi connectivity index (χ3n) is 3.82. The lowest BCUT2D eigenvalue weighted by atomic mass is 10.1. The van der Waals surface area contributed by atoms with E-state index in [1.165, 1.54) is 29.8 Å². The smallest absolute Gasteiger partial charge is 0.105 e. The van der Waals surface area contributed by atoms with Gasteiger partial charge in [0.25, 0.3) is 0 Å². The predicted molar refractivity (Wildman–Crippen MR) is 85.5 cm³/mol. The molecule has 1 aliphatic rings. The lowest BCUT2D eigenvalue weighted by Gasteiger charge is -2.26. The average molecular weight is 264 g/mol. The van der Waals surface area contributed by atoms with Gasteiger partial charge in [-0.1, -0.05) is 42.5 Å². The van der Waals surface area contributed by atoms with Crippen molar-refractivity contribution in [3.63, 3.8) is 0 Å². The van der Waals surface area contributed by atoms with Crippen LogP contribution in [0.3, 0.4) is 0 Å². The second kappa shape index (κ2) is 5.91. The normalized spacial score (nSPS) is 17.4. The highest BCUT2D eigenvalue weighted by atomic mass is 15.2. The van der Waals surface area contributed by atoms with Crippen LogP contribution >= 0.6 is 0 Å². The van der Waals surface area contributed by atoms with Gasteiger partial charge in [-0.3, -0.25) is 0 Å². The first kappa shape index (κ1) is 12.9. The van der Waals surface area contributed by atoms with Gasteiger partial charge in [-0.15, -0.1) is 0 Å². The molecule has 1 aliphatic heterocycles. The Morgan fingerprint density at radius 3 is 2.25 bits per heavy atom. The molecular formula is C18H20N2. The van der Waals surface area contributed by atoms with E-state index in [-0.39, 0.29) is 0 Å². The molecule has 0 aliphatic carbocycles. The maximum atomic E-state index is 4.78. The van der Waals surface area contributed by atoms with Crippen LogP contribution in [0.15, 0.2) is 59.6 Å². The van der Waals surface area contributed by atoms with Crippen molar-refractivity contribution in [2.75, 3.05) is 13.6 Å². The van der Waals surface area contributed by atoms with E-state index in [0.29, 0.717) is 0 Å². The molecule has 0 aromatic heterocycles. The molecule has 1 heterocycles. The molecule has 3 rings (SSSR count). The van der Waals surface area contributed by atoms with Crippen LogP contribution in [0.2, 0.25) is 0 Å². The molecular weight excluding hydrogens is 244 g/mol. The summed E-state index contributed by atoms with van der Waals surface area (Å²) < 4.78 is 0. The highest BCUT2D eigenvalue weighted by Crippen LogP contribution is 2.23. The van der Waals surface area contributed by atoms with E-state index in [0.717, 1.165) is 18.7 Å². The minimum atomic E-state index is 1.05. The van der Waals surface area contributed by atoms with E-state index >= 15 is 0 Å². The number of aliphatic imine (C=N–C) groups is 1. The van der Waals surface area contributed by atoms with E-state index in [2.05, 4.69) is 60.5 Å². The standard InChI is InChI=1S/C18H20N2/c1-20-14-6-5-9-18(20)19-17-12-10-16(11-13-17)15-7-3-2-4-8-15/h2-4,7-8,10-13H,5-6,9,14H2,1H3/b19-18+. The van der Waals surface area contributed by atoms with Crippen molar-refractivity contribution in [3.05, 3.63) is 54.6 Å². The van der Waals surface area contributed by atoms with E-state index in [9.17, 15) is 0 Å². The summed E-state index contributed by atoms with van der Waals surface area (Å²) in [6.07, 6.45) is 3.63. The lowest BCUT2D eigenvalue weighted by Crippen LogP contribution is -2.31. The number of hydrogen-bond donors (Lipinski definition) is 0. The van der Waals surface area contributed by atoms with Crippen molar-refractivity contribution in [3.8, 4) is 11.1 Å². The van der Waals surface area contributed by atoms with Crippen molar-refractivity contribution in [1.29, 1.82) is 0 Å². The highest BCUT2D eigenvalue weighted by molar-refractivity contribution is 5.85. The van der Waals surface area contributed by atoms with Gasteiger partial charge in [0.2, 0.25) is 0 Å². The van der Waals surface area contributed by atoms with Crippen LogP contribution in [0.1, 0.15) is 19.3 Å². The van der Waals surface area contributed by atoms with Gasteiger partial charge in [0, 0.05) is 20.0 Å². The molecule has 0 bridgehead atoms. The Morgan fingerprint density at radius 1 is 0.850 bits per heavy atom. The van der Waals surface area contributed by atoms with Crippen LogP contribution in [0.4, 0.5) is 5.69 Å². The third-order valence-corrected chi connectivity index (χ3v) is 3.82. The van der Waals surface area contributed by atoms with Crippen LogP contribution in [0.5, 0.6) is 0 Å². The van der Waals surface area contributed by atoms with Crippen molar-refractivity contribution < 1.29 is 0 Å². The van der Waals surface area contributed by atoms with Crippen LogP contribution in [-0.4, -0.2) is 24.3 Å². The minimum Gasteiger partial charge on any atom is -0.363 e. The summed E-state index contributed by atoms with van der Waals surface area (Å²) in [5, 5.41) is 0. The molecule has 0 saturated carbocycles. The van der Waals surface area contributed by atoms with Gasteiger partial charge in [0.1, 0.15) is 5.84 Å². The van der Waals surface area contributed by atoms with Crippen molar-refractivity contribution in [2.45, 2.75) is 19.3 Å². The van der Waals surface area contributed by atoms with E-state index in [4.69, 9.17) is 4.99 Å². The molecule has 2 aromatic carbocycles. The van der Waals surface area contributed by atoms with Gasteiger partial charge in [-0.05, 0) is 36.1 Å². The van der Waals surface area contributed by atoms with Crippen LogP contribution in [0.25, 0.3) is 11.1 Å². The fraction of sp³-hybridized carbons (Fsp3) is 0.278. The second-order valence-corrected chi connectivity index (χ2v) is 5.32. The number of likely N-dealkylation sites (tertiary alicyclic amines) is 1. The largest absolute Gasteiger partial charge is 0.363 e. The number of rotatable bonds is 2. The zero-order chi connectivity index (χ0) is 13.8.